The number of rotatable bonds is 11. The molecular formula is C12H27NO3. The normalized spacial score (nSPS) is 13.3. The van der Waals surface area contributed by atoms with Crippen molar-refractivity contribution >= 4 is 0 Å². The van der Waals surface area contributed by atoms with E-state index in [2.05, 4.69) is 6.92 Å². The average molecular weight is 233 g/mol. The molecule has 0 aromatic rings. The van der Waals surface area contributed by atoms with E-state index in [-0.39, 0.29) is 0 Å². The number of aliphatic hydroxyl groups is 1. The minimum absolute atomic E-state index is 0.339. The SMILES string of the molecule is CCCCCCOCCOCC(O)N(C)C. The Morgan fingerprint density at radius 2 is 1.69 bits per heavy atom. The summed E-state index contributed by atoms with van der Waals surface area (Å²) in [5.41, 5.74) is 0. The van der Waals surface area contributed by atoms with Crippen LogP contribution in [-0.2, 0) is 9.47 Å². The van der Waals surface area contributed by atoms with Crippen LogP contribution in [0.1, 0.15) is 32.6 Å². The predicted octanol–water partition coefficient (Wildman–Crippen LogP) is 1.48. The average Bonchev–Trinajstić information content (AvgIpc) is 2.26. The van der Waals surface area contributed by atoms with Crippen LogP contribution in [0.25, 0.3) is 0 Å². The molecule has 0 saturated carbocycles. The van der Waals surface area contributed by atoms with E-state index in [4.69, 9.17) is 9.47 Å². The van der Waals surface area contributed by atoms with Gasteiger partial charge in [-0.3, -0.25) is 4.90 Å². The van der Waals surface area contributed by atoms with E-state index in [0.717, 1.165) is 13.0 Å². The molecule has 1 atom stereocenters. The molecule has 0 aliphatic heterocycles. The predicted molar refractivity (Wildman–Crippen MR) is 65.5 cm³/mol. The van der Waals surface area contributed by atoms with Gasteiger partial charge in [-0.25, -0.2) is 0 Å². The van der Waals surface area contributed by atoms with E-state index in [1.54, 1.807) is 4.90 Å². The highest BCUT2D eigenvalue weighted by molar-refractivity contribution is 4.48. The molecule has 0 spiro atoms. The van der Waals surface area contributed by atoms with Crippen LogP contribution >= 0.6 is 0 Å². The van der Waals surface area contributed by atoms with Crippen molar-refractivity contribution in [1.82, 2.24) is 4.90 Å². The molecule has 16 heavy (non-hydrogen) atoms. The first kappa shape index (κ1) is 15.8. The van der Waals surface area contributed by atoms with Crippen LogP contribution in [-0.4, -0.2) is 56.8 Å². The Labute approximate surface area is 99.5 Å². The van der Waals surface area contributed by atoms with Gasteiger partial charge in [0.25, 0.3) is 0 Å². The molecule has 0 rings (SSSR count). The van der Waals surface area contributed by atoms with Gasteiger partial charge in [0.2, 0.25) is 0 Å². The minimum atomic E-state index is -0.524. The maximum atomic E-state index is 9.39. The largest absolute Gasteiger partial charge is 0.379 e. The topological polar surface area (TPSA) is 41.9 Å². The molecule has 0 heterocycles. The summed E-state index contributed by atoms with van der Waals surface area (Å²) in [5.74, 6) is 0. The third-order valence-electron chi connectivity index (χ3n) is 2.38. The van der Waals surface area contributed by atoms with Crippen LogP contribution in [0.15, 0.2) is 0 Å². The molecule has 0 amide bonds. The lowest BCUT2D eigenvalue weighted by molar-refractivity contribution is -0.0490. The molecule has 0 bridgehead atoms. The first-order chi connectivity index (χ1) is 7.68. The summed E-state index contributed by atoms with van der Waals surface area (Å²) < 4.78 is 10.7. The molecule has 0 radical (unpaired) electrons. The number of unbranched alkanes of at least 4 members (excludes halogenated alkanes) is 3. The zero-order chi connectivity index (χ0) is 12.2. The summed E-state index contributed by atoms with van der Waals surface area (Å²) >= 11 is 0. The lowest BCUT2D eigenvalue weighted by Gasteiger charge is -2.18. The Hall–Kier alpha value is -0.160. The molecule has 1 unspecified atom stereocenters. The van der Waals surface area contributed by atoms with Gasteiger partial charge in [0, 0.05) is 6.61 Å². The second kappa shape index (κ2) is 11.3. The van der Waals surface area contributed by atoms with Crippen molar-refractivity contribution in [2.75, 3.05) is 40.5 Å². The zero-order valence-corrected chi connectivity index (χ0v) is 10.9. The summed E-state index contributed by atoms with van der Waals surface area (Å²) in [7, 11) is 3.64. The molecule has 0 aliphatic carbocycles. The van der Waals surface area contributed by atoms with Crippen molar-refractivity contribution in [3.63, 3.8) is 0 Å². The molecule has 0 fully saturated rings. The van der Waals surface area contributed by atoms with Gasteiger partial charge in [0.1, 0.15) is 6.23 Å². The Bertz CT molecular complexity index is 142. The molecule has 0 saturated heterocycles. The van der Waals surface area contributed by atoms with Crippen molar-refractivity contribution in [3.8, 4) is 0 Å². The van der Waals surface area contributed by atoms with Crippen LogP contribution in [0.2, 0.25) is 0 Å². The smallest absolute Gasteiger partial charge is 0.130 e. The van der Waals surface area contributed by atoms with Gasteiger partial charge >= 0.3 is 0 Å². The number of hydrogen-bond acceptors (Lipinski definition) is 4. The van der Waals surface area contributed by atoms with Crippen molar-refractivity contribution in [2.24, 2.45) is 0 Å². The summed E-state index contributed by atoms with van der Waals surface area (Å²) in [4.78, 5) is 1.71. The quantitative estimate of drug-likeness (QED) is 0.433. The van der Waals surface area contributed by atoms with Gasteiger partial charge < -0.3 is 14.6 Å². The van der Waals surface area contributed by atoms with Crippen molar-refractivity contribution in [1.29, 1.82) is 0 Å². The first-order valence-electron chi connectivity index (χ1n) is 6.18. The van der Waals surface area contributed by atoms with Crippen LogP contribution in [0, 0.1) is 0 Å². The van der Waals surface area contributed by atoms with Gasteiger partial charge in [0.05, 0.1) is 19.8 Å². The zero-order valence-electron chi connectivity index (χ0n) is 10.9. The van der Waals surface area contributed by atoms with Gasteiger partial charge in [-0.2, -0.15) is 0 Å². The number of hydrogen-bond donors (Lipinski definition) is 1. The lowest BCUT2D eigenvalue weighted by atomic mass is 10.2. The highest BCUT2D eigenvalue weighted by Crippen LogP contribution is 1.98. The molecule has 4 heteroatoms. The van der Waals surface area contributed by atoms with Gasteiger partial charge in [-0.15, -0.1) is 0 Å². The van der Waals surface area contributed by atoms with E-state index in [1.165, 1.54) is 19.3 Å². The first-order valence-corrected chi connectivity index (χ1v) is 6.18. The summed E-state index contributed by atoms with van der Waals surface area (Å²) in [6.07, 6.45) is 4.40. The van der Waals surface area contributed by atoms with Crippen LogP contribution < -0.4 is 0 Å². The van der Waals surface area contributed by atoms with Crippen LogP contribution in [0.4, 0.5) is 0 Å². The fraction of sp³-hybridized carbons (Fsp3) is 1.00. The number of nitrogens with zero attached hydrogens (tertiary/aromatic N) is 1. The number of ether oxygens (including phenoxy) is 2. The van der Waals surface area contributed by atoms with E-state index in [0.29, 0.717) is 19.8 Å². The fourth-order valence-corrected chi connectivity index (χ4v) is 1.19. The summed E-state index contributed by atoms with van der Waals surface area (Å²) in [6.45, 7) is 4.53. The van der Waals surface area contributed by atoms with Gasteiger partial charge in [-0.1, -0.05) is 26.2 Å². The third kappa shape index (κ3) is 10.4. The van der Waals surface area contributed by atoms with Crippen molar-refractivity contribution < 1.29 is 14.6 Å². The number of likely N-dealkylation sites (N-methyl/N-ethyl adjacent to an activating group) is 1. The Kier molecular flexibility index (Phi) is 11.2. The Morgan fingerprint density at radius 3 is 2.31 bits per heavy atom. The van der Waals surface area contributed by atoms with Crippen LogP contribution in [0.5, 0.6) is 0 Å². The lowest BCUT2D eigenvalue weighted by Crippen LogP contribution is -2.32. The van der Waals surface area contributed by atoms with E-state index < -0.39 is 6.23 Å². The van der Waals surface area contributed by atoms with E-state index in [9.17, 15) is 5.11 Å². The second-order valence-corrected chi connectivity index (χ2v) is 4.19. The monoisotopic (exact) mass is 233 g/mol. The molecular weight excluding hydrogens is 206 g/mol. The molecule has 1 N–H and O–H groups in total. The van der Waals surface area contributed by atoms with Gasteiger partial charge in [-0.05, 0) is 20.5 Å². The van der Waals surface area contributed by atoms with E-state index >= 15 is 0 Å². The Morgan fingerprint density at radius 1 is 1.00 bits per heavy atom. The molecule has 98 valence electrons. The summed E-state index contributed by atoms with van der Waals surface area (Å²) in [6, 6.07) is 0. The third-order valence-corrected chi connectivity index (χ3v) is 2.38. The maximum Gasteiger partial charge on any atom is 0.130 e. The maximum absolute atomic E-state index is 9.39. The second-order valence-electron chi connectivity index (χ2n) is 4.19. The van der Waals surface area contributed by atoms with Crippen molar-refractivity contribution in [2.45, 2.75) is 38.8 Å². The fourth-order valence-electron chi connectivity index (χ4n) is 1.19. The number of aliphatic hydroxyl groups excluding tert-OH is 1. The van der Waals surface area contributed by atoms with E-state index in [1.807, 2.05) is 14.1 Å². The van der Waals surface area contributed by atoms with Crippen LogP contribution in [0.3, 0.4) is 0 Å². The molecule has 0 aromatic carbocycles. The Balaban J connectivity index is 3.04. The molecule has 0 aliphatic rings. The highest BCUT2D eigenvalue weighted by Gasteiger charge is 2.05. The molecule has 4 nitrogen and oxygen atoms in total. The van der Waals surface area contributed by atoms with Gasteiger partial charge in [0.15, 0.2) is 0 Å². The summed E-state index contributed by atoms with van der Waals surface area (Å²) in [5, 5.41) is 9.39. The molecule has 0 aromatic heterocycles. The highest BCUT2D eigenvalue weighted by atomic mass is 16.5. The standard InChI is InChI=1S/C12H27NO3/c1-4-5-6-7-8-15-9-10-16-11-12(14)13(2)3/h12,14H,4-11H2,1-3H3. The minimum Gasteiger partial charge on any atom is -0.379 e. The van der Waals surface area contributed by atoms with Crippen molar-refractivity contribution in [3.05, 3.63) is 0 Å².